The van der Waals surface area contributed by atoms with Gasteiger partial charge in [0.05, 0.1) is 29.5 Å². The van der Waals surface area contributed by atoms with Crippen molar-refractivity contribution in [1.82, 2.24) is 9.55 Å². The van der Waals surface area contributed by atoms with E-state index in [4.69, 9.17) is 13.9 Å². The number of ether oxygens (including phenoxy) is 2. The molecule has 0 unspecified atom stereocenters. The molecule has 0 spiro atoms. The van der Waals surface area contributed by atoms with Crippen molar-refractivity contribution in [3.8, 4) is 28.5 Å². The number of aromatic nitrogens is 2. The second-order valence-corrected chi connectivity index (χ2v) is 9.48. The molecule has 10 heteroatoms. The Bertz CT molecular complexity index is 1450. The summed E-state index contributed by atoms with van der Waals surface area (Å²) in [4.78, 5) is 15.9. The van der Waals surface area contributed by atoms with Crippen molar-refractivity contribution in [2.45, 2.75) is 58.4 Å². The maximum absolute atomic E-state index is 13.4. The third kappa shape index (κ3) is 4.94. The summed E-state index contributed by atoms with van der Waals surface area (Å²) in [6.07, 6.45) is -1.88. The van der Waals surface area contributed by atoms with Crippen LogP contribution < -0.4 is 10.1 Å². The summed E-state index contributed by atoms with van der Waals surface area (Å²) in [5, 5.41) is 3.40. The molecule has 1 fully saturated rings. The molecule has 0 aliphatic heterocycles. The van der Waals surface area contributed by atoms with E-state index in [0.717, 1.165) is 30.3 Å². The number of halogens is 3. The van der Waals surface area contributed by atoms with Crippen molar-refractivity contribution >= 4 is 22.7 Å². The van der Waals surface area contributed by atoms with Crippen LogP contribution in [-0.4, -0.2) is 28.4 Å². The second-order valence-electron chi connectivity index (χ2n) is 9.48. The van der Waals surface area contributed by atoms with Crippen molar-refractivity contribution in [3.63, 3.8) is 0 Å². The molecule has 1 saturated carbocycles. The number of carbonyl (C=O) groups is 1. The van der Waals surface area contributed by atoms with Crippen LogP contribution in [0.3, 0.4) is 0 Å². The average Bonchev–Trinajstić information content (AvgIpc) is 3.42. The topological polar surface area (TPSA) is 78.5 Å². The van der Waals surface area contributed by atoms with E-state index in [0.29, 0.717) is 41.0 Å². The molecule has 1 aliphatic rings. The van der Waals surface area contributed by atoms with Gasteiger partial charge in [-0.05, 0) is 69.9 Å². The Morgan fingerprint density at radius 1 is 1.18 bits per heavy atom. The maximum atomic E-state index is 13.4. The number of rotatable bonds is 7. The first kappa shape index (κ1) is 25.7. The van der Waals surface area contributed by atoms with E-state index in [9.17, 15) is 18.0 Å². The Morgan fingerprint density at radius 2 is 1.92 bits per heavy atom. The van der Waals surface area contributed by atoms with Gasteiger partial charge in [-0.3, -0.25) is 5.32 Å². The number of benzene rings is 2. The van der Waals surface area contributed by atoms with Crippen LogP contribution >= 0.6 is 0 Å². The summed E-state index contributed by atoms with van der Waals surface area (Å²) in [6, 6.07) is 12.8. The van der Waals surface area contributed by atoms with Gasteiger partial charge in [0, 0.05) is 23.2 Å². The Hall–Kier alpha value is -3.95. The molecule has 0 radical (unpaired) electrons. The summed E-state index contributed by atoms with van der Waals surface area (Å²) in [6.45, 7) is 5.89. The fourth-order valence-electron chi connectivity index (χ4n) is 4.66. The molecule has 1 N–H and O–H groups in total. The van der Waals surface area contributed by atoms with Crippen LogP contribution in [0.15, 0.2) is 53.1 Å². The van der Waals surface area contributed by atoms with Crippen molar-refractivity contribution in [2.75, 3.05) is 11.9 Å². The highest BCUT2D eigenvalue weighted by Gasteiger charge is 2.36. The normalized spacial score (nSPS) is 14.1. The molecular weight excluding hydrogens is 499 g/mol. The van der Waals surface area contributed by atoms with Gasteiger partial charge < -0.3 is 18.5 Å². The zero-order valence-corrected chi connectivity index (χ0v) is 21.3. The average molecular weight is 528 g/mol. The standard InChI is InChI=1S/C28H28F3N3O4/c1-4-36-20-12-13-21-22(14-20)34(19-6-5-7-19)25(24(21)26-33-23(15-37-26)28(29,30)31)17-8-10-18(11-9-17)32-27(35)38-16(2)3/h8-16,19H,4-7H2,1-3H3,(H,32,35). The van der Waals surface area contributed by atoms with Crippen molar-refractivity contribution < 1.29 is 31.9 Å². The fourth-order valence-corrected chi connectivity index (χ4v) is 4.66. The van der Waals surface area contributed by atoms with Crippen LogP contribution in [0, 0.1) is 0 Å². The number of fused-ring (bicyclic) bond motifs is 1. The van der Waals surface area contributed by atoms with Gasteiger partial charge in [-0.2, -0.15) is 13.2 Å². The molecule has 0 atom stereocenters. The lowest BCUT2D eigenvalue weighted by Crippen LogP contribution is -2.18. The SMILES string of the molecule is CCOc1ccc2c(-c3nc(C(F)(F)F)co3)c(-c3ccc(NC(=O)OC(C)C)cc3)n(C3CCC3)c2c1. The number of anilines is 1. The highest BCUT2D eigenvalue weighted by atomic mass is 19.4. The van der Waals surface area contributed by atoms with Crippen LogP contribution in [0.2, 0.25) is 0 Å². The van der Waals surface area contributed by atoms with E-state index < -0.39 is 18.0 Å². The molecule has 38 heavy (non-hydrogen) atoms. The molecule has 7 nitrogen and oxygen atoms in total. The van der Waals surface area contributed by atoms with Crippen molar-refractivity contribution in [1.29, 1.82) is 0 Å². The molecule has 1 amide bonds. The lowest BCUT2D eigenvalue weighted by molar-refractivity contribution is -0.141. The molecule has 0 saturated heterocycles. The van der Waals surface area contributed by atoms with Gasteiger partial charge in [-0.1, -0.05) is 12.1 Å². The fraction of sp³-hybridized carbons (Fsp3) is 0.357. The summed E-state index contributed by atoms with van der Waals surface area (Å²) in [5.41, 5.74) is 2.20. The summed E-state index contributed by atoms with van der Waals surface area (Å²) < 4.78 is 58.8. The van der Waals surface area contributed by atoms with Gasteiger partial charge >= 0.3 is 12.3 Å². The van der Waals surface area contributed by atoms with Crippen LogP contribution in [0.5, 0.6) is 5.75 Å². The van der Waals surface area contributed by atoms with Gasteiger partial charge in [0.2, 0.25) is 5.89 Å². The van der Waals surface area contributed by atoms with E-state index in [2.05, 4.69) is 14.9 Å². The summed E-state index contributed by atoms with van der Waals surface area (Å²) in [7, 11) is 0. The zero-order chi connectivity index (χ0) is 27.0. The minimum Gasteiger partial charge on any atom is -0.494 e. The highest BCUT2D eigenvalue weighted by molar-refractivity contribution is 6.03. The first-order valence-electron chi connectivity index (χ1n) is 12.6. The number of amides is 1. The predicted octanol–water partition coefficient (Wildman–Crippen LogP) is 8.06. The lowest BCUT2D eigenvalue weighted by atomic mass is 9.92. The van der Waals surface area contributed by atoms with E-state index in [-0.39, 0.29) is 18.0 Å². The third-order valence-electron chi connectivity index (χ3n) is 6.48. The number of carbonyl (C=O) groups excluding carboxylic acids is 1. The van der Waals surface area contributed by atoms with E-state index in [1.54, 1.807) is 32.0 Å². The van der Waals surface area contributed by atoms with Crippen LogP contribution in [0.4, 0.5) is 23.7 Å². The maximum Gasteiger partial charge on any atom is 0.436 e. The second kappa shape index (κ2) is 10.1. The Morgan fingerprint density at radius 3 is 2.50 bits per heavy atom. The number of hydrogen-bond donors (Lipinski definition) is 1. The lowest BCUT2D eigenvalue weighted by Gasteiger charge is -2.30. The van der Waals surface area contributed by atoms with E-state index in [1.807, 2.05) is 31.2 Å². The van der Waals surface area contributed by atoms with Gasteiger partial charge in [0.1, 0.15) is 12.0 Å². The van der Waals surface area contributed by atoms with Gasteiger partial charge in [-0.25, -0.2) is 9.78 Å². The number of alkyl halides is 3. The number of hydrogen-bond acceptors (Lipinski definition) is 5. The largest absolute Gasteiger partial charge is 0.494 e. The summed E-state index contributed by atoms with van der Waals surface area (Å²) >= 11 is 0. The molecule has 2 heterocycles. The minimum atomic E-state index is -4.63. The number of oxazole rings is 1. The summed E-state index contributed by atoms with van der Waals surface area (Å²) in [5.74, 6) is 0.560. The Kier molecular flexibility index (Phi) is 6.81. The van der Waals surface area contributed by atoms with Crippen LogP contribution in [0.1, 0.15) is 51.8 Å². The molecule has 200 valence electrons. The van der Waals surface area contributed by atoms with Gasteiger partial charge in [0.15, 0.2) is 5.69 Å². The quantitative estimate of drug-likeness (QED) is 0.263. The number of nitrogens with zero attached hydrogens (tertiary/aromatic N) is 2. The molecule has 4 aromatic rings. The first-order chi connectivity index (χ1) is 18.2. The smallest absolute Gasteiger partial charge is 0.436 e. The molecule has 1 aliphatic carbocycles. The molecule has 2 aromatic carbocycles. The predicted molar refractivity (Wildman–Crippen MR) is 137 cm³/mol. The van der Waals surface area contributed by atoms with Gasteiger partial charge in [-0.15, -0.1) is 0 Å². The Labute approximate surface area is 217 Å². The van der Waals surface area contributed by atoms with Gasteiger partial charge in [0.25, 0.3) is 0 Å². The number of nitrogens with one attached hydrogen (secondary N) is 1. The monoisotopic (exact) mass is 527 g/mol. The molecule has 5 rings (SSSR count). The molecule has 2 aromatic heterocycles. The van der Waals surface area contributed by atoms with Crippen LogP contribution in [0.25, 0.3) is 33.6 Å². The third-order valence-corrected chi connectivity index (χ3v) is 6.48. The minimum absolute atomic E-state index is 0.109. The molecular formula is C28H28F3N3O4. The van der Waals surface area contributed by atoms with Crippen LogP contribution in [-0.2, 0) is 10.9 Å². The zero-order valence-electron chi connectivity index (χ0n) is 21.3. The highest BCUT2D eigenvalue weighted by Crippen LogP contribution is 2.47. The van der Waals surface area contributed by atoms with Crippen molar-refractivity contribution in [2.24, 2.45) is 0 Å². The van der Waals surface area contributed by atoms with E-state index >= 15 is 0 Å². The first-order valence-corrected chi connectivity index (χ1v) is 12.6. The van der Waals surface area contributed by atoms with E-state index in [1.165, 1.54) is 0 Å². The van der Waals surface area contributed by atoms with Crippen molar-refractivity contribution in [3.05, 3.63) is 54.4 Å². The Balaban J connectivity index is 1.68. The molecule has 0 bridgehead atoms.